The van der Waals surface area contributed by atoms with Crippen LogP contribution in [0.25, 0.3) is 0 Å². The zero-order valence-electron chi connectivity index (χ0n) is 34.4. The van der Waals surface area contributed by atoms with E-state index in [-0.39, 0.29) is 32.9 Å². The van der Waals surface area contributed by atoms with Crippen molar-refractivity contribution in [3.8, 4) is 5.75 Å². The van der Waals surface area contributed by atoms with Gasteiger partial charge in [0.15, 0.2) is 0 Å². The lowest BCUT2D eigenvalue weighted by Crippen LogP contribution is -2.54. The van der Waals surface area contributed by atoms with E-state index >= 15 is 0 Å². The number of carbonyl (C=O) groups is 4. The van der Waals surface area contributed by atoms with E-state index in [1.807, 2.05) is 24.3 Å². The third kappa shape index (κ3) is 8.45. The number of benzene rings is 2. The number of amides is 4. The number of piperazine rings is 2. The summed E-state index contributed by atoms with van der Waals surface area (Å²) in [6.07, 6.45) is 6.26. The lowest BCUT2D eigenvalue weighted by atomic mass is 9.96. The number of piperidine rings is 2. The molecule has 0 spiro atoms. The molecule has 6 aliphatic rings. The Balaban J connectivity index is 0.00000289. The Morgan fingerprint density at radius 3 is 2.22 bits per heavy atom. The van der Waals surface area contributed by atoms with E-state index in [4.69, 9.17) is 15.9 Å². The van der Waals surface area contributed by atoms with Crippen LogP contribution in [0.2, 0.25) is 0 Å². The van der Waals surface area contributed by atoms with Crippen molar-refractivity contribution in [1.29, 1.82) is 5.41 Å². The molecule has 0 bridgehead atoms. The fourth-order valence-electron chi connectivity index (χ4n) is 9.26. The molecule has 320 valence electrons. The molecule has 1 saturated carbocycles. The number of hydrogen-bond acceptors (Lipinski definition) is 14. The third-order valence-corrected chi connectivity index (χ3v) is 13.3. The number of imide groups is 2. The number of nitrogen functional groups attached to an aromatic ring is 1. The molecule has 16 heteroatoms. The van der Waals surface area contributed by atoms with Crippen LogP contribution in [0.5, 0.6) is 5.75 Å². The third-order valence-electron chi connectivity index (χ3n) is 13.3. The largest absolute Gasteiger partial charge is 0.488 e. The average Bonchev–Trinajstić information content (AvgIpc) is 3.94. The van der Waals surface area contributed by atoms with Crippen LogP contribution in [-0.4, -0.2) is 156 Å². The van der Waals surface area contributed by atoms with Gasteiger partial charge in [0, 0.05) is 104 Å². The molecule has 2 aromatic carbocycles. The summed E-state index contributed by atoms with van der Waals surface area (Å²) in [5, 5.41) is 11.2. The highest BCUT2D eigenvalue weighted by molar-refractivity contribution is 6.23. The van der Waals surface area contributed by atoms with E-state index in [9.17, 15) is 19.2 Å². The summed E-state index contributed by atoms with van der Waals surface area (Å²) < 4.78 is 6.13. The second-order valence-corrected chi connectivity index (χ2v) is 17.5. The predicted molar refractivity (Wildman–Crippen MR) is 231 cm³/mol. The Bertz CT molecular complexity index is 2180. The number of likely N-dealkylation sites (tertiary alicyclic amines) is 1. The molecule has 60 heavy (non-hydrogen) atoms. The van der Waals surface area contributed by atoms with Gasteiger partial charge in [-0.3, -0.25) is 44.6 Å². The highest BCUT2D eigenvalue weighted by Gasteiger charge is 2.45. The number of anilines is 3. The average molecular weight is 822 g/mol. The number of ether oxygens (including phenoxy) is 1. The molecule has 5 aliphatic heterocycles. The summed E-state index contributed by atoms with van der Waals surface area (Å²) in [5.41, 5.74) is 9.69. The fraction of sp³-hybridized carbons (Fsp3) is 0.523. The molecule has 16 nitrogen and oxygen atoms in total. The van der Waals surface area contributed by atoms with Gasteiger partial charge in [-0.1, -0.05) is 0 Å². The molecule has 1 aliphatic carbocycles. The molecule has 9 rings (SSSR count). The van der Waals surface area contributed by atoms with Crippen molar-refractivity contribution in [3.63, 3.8) is 0 Å². The maximum absolute atomic E-state index is 13.3. The molecule has 6 heterocycles. The van der Waals surface area contributed by atoms with Crippen molar-refractivity contribution < 1.29 is 26.8 Å². The van der Waals surface area contributed by atoms with Gasteiger partial charge in [-0.05, 0) is 94.4 Å². The zero-order chi connectivity index (χ0) is 41.5. The first-order chi connectivity index (χ1) is 29.0. The normalized spacial score (nSPS) is 22.9. The number of nitrogens with two attached hydrogens (primary N) is 1. The van der Waals surface area contributed by atoms with Crippen LogP contribution in [0.1, 0.15) is 80.3 Å². The van der Waals surface area contributed by atoms with Crippen molar-refractivity contribution in [3.05, 3.63) is 71.2 Å². The van der Waals surface area contributed by atoms with E-state index in [0.717, 1.165) is 120 Å². The summed E-state index contributed by atoms with van der Waals surface area (Å²) >= 11 is 0. The van der Waals surface area contributed by atoms with Gasteiger partial charge in [0.1, 0.15) is 29.5 Å². The number of rotatable bonds is 12. The van der Waals surface area contributed by atoms with Gasteiger partial charge in [-0.15, -0.1) is 0 Å². The first kappa shape index (κ1) is 40.0. The number of fused-ring (bicyclic) bond motifs is 1. The summed E-state index contributed by atoms with van der Waals surface area (Å²) in [6, 6.07) is 11.9. The second kappa shape index (κ2) is 16.5. The number of nitrogens with zero attached hydrogens (tertiary/aromatic N) is 8. The predicted octanol–water partition coefficient (Wildman–Crippen LogP) is 2.96. The lowest BCUT2D eigenvalue weighted by molar-refractivity contribution is -0.136. The SMILES string of the molecule is CC1(Oc2ccc(N)c(C(=N)c3cc(N4CCN(CCN5CCC(CN6CCN(c7ccc8c(c7)C(=O)N(C7CCC(=O)NC7=O)C8=O)CC6)CC5)CC4)ncn3)c2)CC1.[HH].[HH]. The molecule has 5 fully saturated rings. The topological polar surface area (TPSA) is 185 Å². The molecule has 1 unspecified atom stereocenters. The lowest BCUT2D eigenvalue weighted by Gasteiger charge is -2.40. The minimum absolute atomic E-state index is 0. The molecule has 4 saturated heterocycles. The van der Waals surface area contributed by atoms with Crippen molar-refractivity contribution in [1.82, 2.24) is 34.9 Å². The van der Waals surface area contributed by atoms with Gasteiger partial charge in [0.05, 0.1) is 22.5 Å². The van der Waals surface area contributed by atoms with E-state index in [2.05, 4.69) is 46.7 Å². The minimum Gasteiger partial charge on any atom is -0.488 e. The number of carbonyl (C=O) groups excluding carboxylic acids is 4. The Hall–Kier alpha value is -5.45. The molecule has 4 N–H and O–H groups in total. The quantitative estimate of drug-likeness (QED) is 0.138. The first-order valence-corrected chi connectivity index (χ1v) is 21.5. The first-order valence-electron chi connectivity index (χ1n) is 21.5. The Labute approximate surface area is 353 Å². The van der Waals surface area contributed by atoms with Crippen LogP contribution >= 0.6 is 0 Å². The van der Waals surface area contributed by atoms with Crippen LogP contribution in [0.4, 0.5) is 17.2 Å². The smallest absolute Gasteiger partial charge is 0.262 e. The fourth-order valence-corrected chi connectivity index (χ4v) is 9.26. The summed E-state index contributed by atoms with van der Waals surface area (Å²) in [4.78, 5) is 72.8. The van der Waals surface area contributed by atoms with Gasteiger partial charge in [-0.2, -0.15) is 0 Å². The molecule has 4 amide bonds. The Kier molecular flexibility index (Phi) is 11.0. The van der Waals surface area contributed by atoms with Gasteiger partial charge in [-0.25, -0.2) is 9.97 Å². The van der Waals surface area contributed by atoms with Crippen LogP contribution < -0.4 is 25.6 Å². The molecule has 0 radical (unpaired) electrons. The highest BCUT2D eigenvalue weighted by atomic mass is 16.5. The molecular weight excluding hydrogens is 763 g/mol. The van der Waals surface area contributed by atoms with Crippen LogP contribution in [0.15, 0.2) is 48.8 Å². The summed E-state index contributed by atoms with van der Waals surface area (Å²) in [7, 11) is 0. The van der Waals surface area contributed by atoms with Crippen LogP contribution in [0, 0.1) is 11.3 Å². The Morgan fingerprint density at radius 2 is 1.50 bits per heavy atom. The highest BCUT2D eigenvalue weighted by Crippen LogP contribution is 2.40. The Morgan fingerprint density at radius 1 is 0.817 bits per heavy atom. The van der Waals surface area contributed by atoms with Crippen molar-refractivity contribution in [2.45, 2.75) is 57.1 Å². The number of hydrogen-bond donors (Lipinski definition) is 3. The van der Waals surface area contributed by atoms with Gasteiger partial charge >= 0.3 is 0 Å². The molecule has 1 aromatic heterocycles. The van der Waals surface area contributed by atoms with Gasteiger partial charge < -0.3 is 25.2 Å². The summed E-state index contributed by atoms with van der Waals surface area (Å²) in [5.74, 6) is 0.321. The maximum Gasteiger partial charge on any atom is 0.262 e. The molecular formula is C44H59N11O5. The zero-order valence-corrected chi connectivity index (χ0v) is 34.4. The van der Waals surface area contributed by atoms with Gasteiger partial charge in [0.2, 0.25) is 11.8 Å². The van der Waals surface area contributed by atoms with E-state index in [1.165, 1.54) is 12.8 Å². The van der Waals surface area contributed by atoms with Crippen LogP contribution in [0.3, 0.4) is 0 Å². The summed E-state index contributed by atoms with van der Waals surface area (Å²) in [6.45, 7) is 14.8. The number of nitrogens with one attached hydrogen (secondary N) is 2. The maximum atomic E-state index is 13.3. The molecule has 3 aromatic rings. The van der Waals surface area contributed by atoms with Gasteiger partial charge in [0.25, 0.3) is 11.8 Å². The van der Waals surface area contributed by atoms with Crippen molar-refractivity contribution in [2.24, 2.45) is 5.92 Å². The second-order valence-electron chi connectivity index (χ2n) is 17.5. The number of aromatic nitrogens is 2. The van der Waals surface area contributed by atoms with Crippen LogP contribution in [-0.2, 0) is 9.59 Å². The molecule has 1 atom stereocenters. The van der Waals surface area contributed by atoms with E-state index in [1.54, 1.807) is 24.5 Å². The standard InChI is InChI=1S/C44H55N11O5.2H2/c1-44(10-11-44)60-31-3-5-35(45)34(25-31)40(46)36-26-38(48-28-47-36)54-22-16-51(17-23-54)15-14-50-12-8-29(9-13-50)27-52-18-20-53(21-19-52)30-2-4-32-33(24-30)43(59)55(42(32)58)37-6-7-39(56)49-41(37)57;;/h2-5,24-26,28-29,37,46H,6-23,27,45H2,1H3,(H,49,56,57);2*1H. The monoisotopic (exact) mass is 821 g/mol. The minimum atomic E-state index is -0.959. The van der Waals surface area contributed by atoms with E-state index < -0.39 is 23.8 Å². The van der Waals surface area contributed by atoms with Crippen molar-refractivity contribution >= 4 is 46.5 Å². The van der Waals surface area contributed by atoms with Crippen molar-refractivity contribution in [2.75, 3.05) is 101 Å². The van der Waals surface area contributed by atoms with E-state index in [0.29, 0.717) is 34.0 Å².